The van der Waals surface area contributed by atoms with Crippen molar-refractivity contribution in [1.82, 2.24) is 20.0 Å². The Kier molecular flexibility index (Phi) is 4.82. The highest BCUT2D eigenvalue weighted by atomic mass is 32.1. The molecule has 0 bridgehead atoms. The van der Waals surface area contributed by atoms with Crippen LogP contribution in [0.5, 0.6) is 0 Å². The van der Waals surface area contributed by atoms with E-state index in [1.54, 1.807) is 11.3 Å². The van der Waals surface area contributed by atoms with Crippen molar-refractivity contribution in [3.8, 4) is 0 Å². The summed E-state index contributed by atoms with van der Waals surface area (Å²) in [5.41, 5.74) is 2.25. The van der Waals surface area contributed by atoms with Gasteiger partial charge in [0.05, 0.1) is 17.8 Å². The van der Waals surface area contributed by atoms with Gasteiger partial charge in [0.2, 0.25) is 5.91 Å². The third kappa shape index (κ3) is 3.64. The van der Waals surface area contributed by atoms with Crippen LogP contribution in [-0.4, -0.2) is 46.3 Å². The number of hydrogen-bond acceptors (Lipinski definition) is 4. The monoisotopic (exact) mass is 332 g/mol. The van der Waals surface area contributed by atoms with Crippen LogP contribution in [0, 0.1) is 13.8 Å². The van der Waals surface area contributed by atoms with Crippen LogP contribution in [0.4, 0.5) is 0 Å². The number of carbonyl (C=O) groups is 1. The maximum absolute atomic E-state index is 12.2. The van der Waals surface area contributed by atoms with Crippen LogP contribution in [0.25, 0.3) is 0 Å². The molecule has 0 aliphatic carbocycles. The summed E-state index contributed by atoms with van der Waals surface area (Å²) in [5, 5.41) is 9.65. The molecule has 5 nitrogen and oxygen atoms in total. The maximum Gasteiger partial charge on any atom is 0.237 e. The van der Waals surface area contributed by atoms with E-state index in [9.17, 15) is 4.79 Å². The number of nitrogens with one attached hydrogen (secondary N) is 1. The summed E-state index contributed by atoms with van der Waals surface area (Å²) in [6.07, 6.45) is 0.907. The molecule has 0 aromatic carbocycles. The number of likely N-dealkylation sites (tertiary alicyclic amines) is 1. The lowest BCUT2D eigenvalue weighted by Gasteiger charge is -2.42. The van der Waals surface area contributed by atoms with Crippen LogP contribution in [0.1, 0.15) is 29.2 Å². The number of aryl methyl sites for hydroxylation is 2. The predicted octanol–water partition coefficient (Wildman–Crippen LogP) is 2.17. The molecule has 0 spiro atoms. The second-order valence-electron chi connectivity index (χ2n) is 6.28. The predicted molar refractivity (Wildman–Crippen MR) is 92.8 cm³/mol. The van der Waals surface area contributed by atoms with Gasteiger partial charge in [0.15, 0.2) is 0 Å². The molecule has 1 aliphatic rings. The zero-order valence-electron chi connectivity index (χ0n) is 14.0. The number of carbonyl (C=O) groups excluding carboxylic acids is 1. The lowest BCUT2D eigenvalue weighted by Crippen LogP contribution is -2.56. The smallest absolute Gasteiger partial charge is 0.237 e. The van der Waals surface area contributed by atoms with Crippen molar-refractivity contribution in [1.29, 1.82) is 0 Å². The first-order valence-electron chi connectivity index (χ1n) is 8.11. The van der Waals surface area contributed by atoms with Crippen LogP contribution >= 0.6 is 11.3 Å². The number of aromatic nitrogens is 2. The average molecular weight is 332 g/mol. The third-order valence-corrected chi connectivity index (χ3v) is 5.40. The van der Waals surface area contributed by atoms with Crippen molar-refractivity contribution in [2.45, 2.75) is 39.3 Å². The molecular weight excluding hydrogens is 308 g/mol. The number of amides is 1. The Morgan fingerprint density at radius 3 is 2.87 bits per heavy atom. The van der Waals surface area contributed by atoms with Gasteiger partial charge in [0, 0.05) is 30.2 Å². The van der Waals surface area contributed by atoms with Crippen LogP contribution in [0.3, 0.4) is 0 Å². The average Bonchev–Trinajstić information content (AvgIpc) is 3.07. The number of rotatable bonds is 6. The maximum atomic E-state index is 12.2. The van der Waals surface area contributed by atoms with Crippen LogP contribution in [-0.2, 0) is 11.2 Å². The minimum Gasteiger partial charge on any atom is -0.354 e. The molecule has 3 heterocycles. The normalized spacial score (nSPS) is 17.0. The van der Waals surface area contributed by atoms with Gasteiger partial charge in [-0.3, -0.25) is 14.4 Å². The quantitative estimate of drug-likeness (QED) is 0.882. The molecule has 1 fully saturated rings. The molecule has 124 valence electrons. The highest BCUT2D eigenvalue weighted by Crippen LogP contribution is 2.24. The SMILES string of the molecule is Cc1cc(C)n(C2CN([C@@H](C)C(=O)NCCc3cccs3)C2)n1. The van der Waals surface area contributed by atoms with E-state index in [4.69, 9.17) is 0 Å². The Labute approximate surface area is 141 Å². The Hall–Kier alpha value is -1.66. The van der Waals surface area contributed by atoms with E-state index in [-0.39, 0.29) is 11.9 Å². The molecule has 2 aromatic heterocycles. The van der Waals surface area contributed by atoms with Gasteiger partial charge in [-0.05, 0) is 44.7 Å². The van der Waals surface area contributed by atoms with Crippen molar-refractivity contribution in [3.63, 3.8) is 0 Å². The van der Waals surface area contributed by atoms with Crippen LogP contribution in [0.15, 0.2) is 23.6 Å². The minimum absolute atomic E-state index is 0.0773. The van der Waals surface area contributed by atoms with Gasteiger partial charge in [-0.25, -0.2) is 0 Å². The van der Waals surface area contributed by atoms with Gasteiger partial charge in [-0.2, -0.15) is 5.10 Å². The molecule has 1 atom stereocenters. The topological polar surface area (TPSA) is 50.2 Å². The molecule has 0 radical (unpaired) electrons. The van der Waals surface area contributed by atoms with Gasteiger partial charge >= 0.3 is 0 Å². The van der Waals surface area contributed by atoms with Crippen molar-refractivity contribution >= 4 is 17.2 Å². The third-order valence-electron chi connectivity index (χ3n) is 4.46. The Morgan fingerprint density at radius 1 is 1.48 bits per heavy atom. The molecule has 6 heteroatoms. The van der Waals surface area contributed by atoms with E-state index in [1.165, 1.54) is 10.6 Å². The molecule has 1 saturated heterocycles. The molecule has 0 saturated carbocycles. The van der Waals surface area contributed by atoms with Crippen molar-refractivity contribution in [3.05, 3.63) is 39.8 Å². The highest BCUT2D eigenvalue weighted by Gasteiger charge is 2.35. The largest absolute Gasteiger partial charge is 0.354 e. The van der Waals surface area contributed by atoms with Crippen molar-refractivity contribution in [2.24, 2.45) is 0 Å². The minimum atomic E-state index is -0.0773. The zero-order chi connectivity index (χ0) is 16.4. The van der Waals surface area contributed by atoms with Gasteiger partial charge in [-0.1, -0.05) is 6.07 Å². The Morgan fingerprint density at radius 2 is 2.26 bits per heavy atom. The molecular formula is C17H24N4OS. The molecule has 23 heavy (non-hydrogen) atoms. The summed E-state index contributed by atoms with van der Waals surface area (Å²) >= 11 is 1.73. The molecule has 0 unspecified atom stereocenters. The van der Waals surface area contributed by atoms with Crippen molar-refractivity contribution < 1.29 is 4.79 Å². The van der Waals surface area contributed by atoms with Gasteiger partial charge < -0.3 is 5.32 Å². The highest BCUT2D eigenvalue weighted by molar-refractivity contribution is 7.09. The standard InChI is InChI=1S/C17H24N4OS/c1-12-9-13(2)21(19-12)15-10-20(11-15)14(3)17(22)18-7-6-16-5-4-8-23-16/h4-5,8-9,14-15H,6-7,10-11H2,1-3H3,(H,18,22)/t14-/m0/s1. The fourth-order valence-electron chi connectivity index (χ4n) is 3.05. The first-order chi connectivity index (χ1) is 11.0. The molecule has 2 aromatic rings. The van der Waals surface area contributed by atoms with Gasteiger partial charge in [-0.15, -0.1) is 11.3 Å². The summed E-state index contributed by atoms with van der Waals surface area (Å²) in [6, 6.07) is 6.57. The molecule has 1 aliphatic heterocycles. The first kappa shape index (κ1) is 16.2. The van der Waals surface area contributed by atoms with E-state index in [2.05, 4.69) is 44.4 Å². The first-order valence-corrected chi connectivity index (χ1v) is 8.99. The van der Waals surface area contributed by atoms with E-state index in [0.29, 0.717) is 12.6 Å². The molecule has 3 rings (SSSR count). The summed E-state index contributed by atoms with van der Waals surface area (Å²) < 4.78 is 2.09. The summed E-state index contributed by atoms with van der Waals surface area (Å²) in [5.74, 6) is 0.119. The summed E-state index contributed by atoms with van der Waals surface area (Å²) in [4.78, 5) is 15.8. The van der Waals surface area contributed by atoms with E-state index in [1.807, 2.05) is 19.9 Å². The van der Waals surface area contributed by atoms with Gasteiger partial charge in [0.1, 0.15) is 0 Å². The fourth-order valence-corrected chi connectivity index (χ4v) is 3.76. The summed E-state index contributed by atoms with van der Waals surface area (Å²) in [6.45, 7) is 8.58. The molecule has 1 amide bonds. The Bertz CT molecular complexity index is 658. The second kappa shape index (κ2) is 6.84. The van der Waals surface area contributed by atoms with E-state index in [0.717, 1.165) is 25.2 Å². The van der Waals surface area contributed by atoms with Gasteiger partial charge in [0.25, 0.3) is 0 Å². The van der Waals surface area contributed by atoms with E-state index >= 15 is 0 Å². The number of hydrogen-bond donors (Lipinski definition) is 1. The number of nitrogens with zero attached hydrogens (tertiary/aromatic N) is 3. The lowest BCUT2D eigenvalue weighted by atomic mass is 10.1. The zero-order valence-corrected chi connectivity index (χ0v) is 14.8. The second-order valence-corrected chi connectivity index (χ2v) is 7.31. The Balaban J connectivity index is 1.43. The lowest BCUT2D eigenvalue weighted by molar-refractivity contribution is -0.128. The van der Waals surface area contributed by atoms with Crippen LogP contribution < -0.4 is 5.32 Å². The van der Waals surface area contributed by atoms with E-state index < -0.39 is 0 Å². The van der Waals surface area contributed by atoms with Crippen LogP contribution in [0.2, 0.25) is 0 Å². The fraction of sp³-hybridized carbons (Fsp3) is 0.529. The van der Waals surface area contributed by atoms with Crippen molar-refractivity contribution in [2.75, 3.05) is 19.6 Å². The molecule has 1 N–H and O–H groups in total. The number of thiophene rings is 1. The summed E-state index contributed by atoms with van der Waals surface area (Å²) in [7, 11) is 0.